The highest BCUT2D eigenvalue weighted by atomic mass is 14.2. The zero-order valence-electron chi connectivity index (χ0n) is 7.31. The van der Waals surface area contributed by atoms with Crippen LogP contribution in [0.4, 0.5) is 0 Å². The number of hydrogen-bond donors (Lipinski definition) is 0. The Bertz CT molecular complexity index is 155. The lowest BCUT2D eigenvalue weighted by molar-refractivity contribution is 0.462. The van der Waals surface area contributed by atoms with Crippen molar-refractivity contribution in [3.05, 3.63) is 11.6 Å². The van der Waals surface area contributed by atoms with Crippen LogP contribution in [-0.2, 0) is 0 Å². The summed E-state index contributed by atoms with van der Waals surface area (Å²) in [6.45, 7) is 0. The minimum absolute atomic E-state index is 1.01. The quantitative estimate of drug-likeness (QED) is 0.462. The Morgan fingerprint density at radius 2 is 1.91 bits per heavy atom. The van der Waals surface area contributed by atoms with E-state index in [4.69, 9.17) is 0 Å². The molecule has 2 aliphatic rings. The van der Waals surface area contributed by atoms with E-state index in [1.54, 1.807) is 0 Å². The summed E-state index contributed by atoms with van der Waals surface area (Å²) in [5, 5.41) is 0. The number of rotatable bonds is 0. The molecule has 0 aromatic carbocycles. The molecular formula is C11H18. The van der Waals surface area contributed by atoms with Crippen LogP contribution in [0.3, 0.4) is 0 Å². The minimum Gasteiger partial charge on any atom is -0.0850 e. The first-order valence-electron chi connectivity index (χ1n) is 5.16. The van der Waals surface area contributed by atoms with Gasteiger partial charge in [0.25, 0.3) is 0 Å². The van der Waals surface area contributed by atoms with Crippen LogP contribution in [0, 0.1) is 5.92 Å². The SMILES string of the molecule is C1=C2CCCCCCC2CC1. The maximum atomic E-state index is 2.51. The van der Waals surface area contributed by atoms with Gasteiger partial charge in [-0.3, -0.25) is 0 Å². The van der Waals surface area contributed by atoms with Crippen LogP contribution in [0.25, 0.3) is 0 Å². The van der Waals surface area contributed by atoms with Crippen LogP contribution in [0.1, 0.15) is 51.4 Å². The first-order valence-corrected chi connectivity index (χ1v) is 5.16. The molecule has 0 heterocycles. The first kappa shape index (κ1) is 7.39. The Morgan fingerprint density at radius 3 is 2.91 bits per heavy atom. The van der Waals surface area contributed by atoms with Crippen molar-refractivity contribution in [1.82, 2.24) is 0 Å². The van der Waals surface area contributed by atoms with Gasteiger partial charge in [0, 0.05) is 0 Å². The van der Waals surface area contributed by atoms with Gasteiger partial charge in [0.15, 0.2) is 0 Å². The Labute approximate surface area is 69.7 Å². The highest BCUT2D eigenvalue weighted by molar-refractivity contribution is 5.12. The second-order valence-electron chi connectivity index (χ2n) is 4.01. The van der Waals surface area contributed by atoms with Gasteiger partial charge in [-0.2, -0.15) is 0 Å². The van der Waals surface area contributed by atoms with E-state index in [2.05, 4.69) is 6.08 Å². The fourth-order valence-corrected chi connectivity index (χ4v) is 2.53. The minimum atomic E-state index is 1.01. The molecule has 2 aliphatic carbocycles. The van der Waals surface area contributed by atoms with Crippen LogP contribution in [0.5, 0.6) is 0 Å². The molecule has 0 nitrogen and oxygen atoms in total. The summed E-state index contributed by atoms with van der Waals surface area (Å²) >= 11 is 0. The average Bonchev–Trinajstić information content (AvgIpc) is 2.35. The zero-order chi connectivity index (χ0) is 7.52. The standard InChI is InChI=1S/C11H18/c1-2-4-7-11-9-5-8-10(11)6-3-1/h8,11H,1-7,9H2. The predicted molar refractivity (Wildman–Crippen MR) is 48.5 cm³/mol. The molecule has 0 spiro atoms. The van der Waals surface area contributed by atoms with Crippen molar-refractivity contribution >= 4 is 0 Å². The first-order chi connectivity index (χ1) is 5.47. The van der Waals surface area contributed by atoms with Gasteiger partial charge < -0.3 is 0 Å². The van der Waals surface area contributed by atoms with Crippen molar-refractivity contribution in [3.8, 4) is 0 Å². The Morgan fingerprint density at radius 1 is 1.00 bits per heavy atom. The molecule has 0 N–H and O–H groups in total. The summed E-state index contributed by atoms with van der Waals surface area (Å²) in [5.41, 5.74) is 1.81. The molecule has 1 saturated carbocycles. The van der Waals surface area contributed by atoms with Gasteiger partial charge in [-0.05, 0) is 38.0 Å². The van der Waals surface area contributed by atoms with Crippen molar-refractivity contribution in [1.29, 1.82) is 0 Å². The third-order valence-electron chi connectivity index (χ3n) is 3.21. The largest absolute Gasteiger partial charge is 0.0850 e. The molecule has 0 bridgehead atoms. The summed E-state index contributed by atoms with van der Waals surface area (Å²) in [5.74, 6) is 1.01. The Balaban J connectivity index is 1.98. The molecule has 0 amide bonds. The molecule has 0 aromatic heterocycles. The van der Waals surface area contributed by atoms with Gasteiger partial charge in [-0.15, -0.1) is 0 Å². The van der Waals surface area contributed by atoms with Crippen LogP contribution in [0.15, 0.2) is 11.6 Å². The smallest absolute Gasteiger partial charge is 0.0200 e. The van der Waals surface area contributed by atoms with E-state index in [-0.39, 0.29) is 0 Å². The lowest BCUT2D eigenvalue weighted by Crippen LogP contribution is -2.02. The van der Waals surface area contributed by atoms with Crippen molar-refractivity contribution < 1.29 is 0 Å². The number of fused-ring (bicyclic) bond motifs is 1. The monoisotopic (exact) mass is 150 g/mol. The molecule has 1 fully saturated rings. The average molecular weight is 150 g/mol. The van der Waals surface area contributed by atoms with Gasteiger partial charge in [-0.1, -0.05) is 30.9 Å². The second-order valence-corrected chi connectivity index (χ2v) is 4.01. The molecule has 0 aromatic rings. The molecule has 11 heavy (non-hydrogen) atoms. The van der Waals surface area contributed by atoms with Gasteiger partial charge in [0.2, 0.25) is 0 Å². The second kappa shape index (κ2) is 3.42. The predicted octanol–water partition coefficient (Wildman–Crippen LogP) is 3.68. The fourth-order valence-electron chi connectivity index (χ4n) is 2.53. The van der Waals surface area contributed by atoms with E-state index in [1.165, 1.54) is 51.4 Å². The fraction of sp³-hybridized carbons (Fsp3) is 0.818. The molecule has 0 heteroatoms. The topological polar surface area (TPSA) is 0 Å². The van der Waals surface area contributed by atoms with Crippen molar-refractivity contribution in [2.24, 2.45) is 5.92 Å². The third-order valence-corrected chi connectivity index (χ3v) is 3.21. The molecule has 62 valence electrons. The highest BCUT2D eigenvalue weighted by Crippen LogP contribution is 2.35. The normalized spacial score (nSPS) is 32.0. The van der Waals surface area contributed by atoms with E-state index in [9.17, 15) is 0 Å². The number of hydrogen-bond acceptors (Lipinski definition) is 0. The van der Waals surface area contributed by atoms with Crippen LogP contribution in [-0.4, -0.2) is 0 Å². The van der Waals surface area contributed by atoms with E-state index in [1.807, 2.05) is 5.57 Å². The summed E-state index contributed by atoms with van der Waals surface area (Å²) < 4.78 is 0. The van der Waals surface area contributed by atoms with E-state index in [0.717, 1.165) is 5.92 Å². The van der Waals surface area contributed by atoms with Crippen molar-refractivity contribution in [2.45, 2.75) is 51.4 Å². The lowest BCUT2D eigenvalue weighted by Gasteiger charge is -2.17. The highest BCUT2D eigenvalue weighted by Gasteiger charge is 2.19. The molecule has 0 saturated heterocycles. The van der Waals surface area contributed by atoms with E-state index < -0.39 is 0 Å². The maximum Gasteiger partial charge on any atom is -0.0200 e. The molecular weight excluding hydrogens is 132 g/mol. The van der Waals surface area contributed by atoms with Gasteiger partial charge in [0.1, 0.15) is 0 Å². The van der Waals surface area contributed by atoms with Crippen LogP contribution >= 0.6 is 0 Å². The Hall–Kier alpha value is -0.260. The molecule has 1 atom stereocenters. The van der Waals surface area contributed by atoms with Gasteiger partial charge in [0.05, 0.1) is 0 Å². The van der Waals surface area contributed by atoms with Crippen molar-refractivity contribution in [2.75, 3.05) is 0 Å². The number of allylic oxidation sites excluding steroid dienone is 2. The van der Waals surface area contributed by atoms with Crippen LogP contribution in [0.2, 0.25) is 0 Å². The summed E-state index contributed by atoms with van der Waals surface area (Å²) in [7, 11) is 0. The summed E-state index contributed by atoms with van der Waals surface area (Å²) in [6.07, 6.45) is 14.2. The van der Waals surface area contributed by atoms with E-state index in [0.29, 0.717) is 0 Å². The lowest BCUT2D eigenvalue weighted by atomic mass is 9.88. The van der Waals surface area contributed by atoms with Gasteiger partial charge in [-0.25, -0.2) is 0 Å². The van der Waals surface area contributed by atoms with E-state index >= 15 is 0 Å². The molecule has 1 unspecified atom stereocenters. The third kappa shape index (κ3) is 1.66. The van der Waals surface area contributed by atoms with Crippen LogP contribution < -0.4 is 0 Å². The van der Waals surface area contributed by atoms with Gasteiger partial charge >= 0.3 is 0 Å². The molecule has 0 radical (unpaired) electrons. The Kier molecular flexibility index (Phi) is 2.30. The molecule has 2 rings (SSSR count). The summed E-state index contributed by atoms with van der Waals surface area (Å²) in [6, 6.07) is 0. The summed E-state index contributed by atoms with van der Waals surface area (Å²) in [4.78, 5) is 0. The maximum absolute atomic E-state index is 2.51. The van der Waals surface area contributed by atoms with Crippen molar-refractivity contribution in [3.63, 3.8) is 0 Å². The zero-order valence-corrected chi connectivity index (χ0v) is 7.31. The molecule has 0 aliphatic heterocycles.